The molecule has 1 aliphatic heterocycles. The Morgan fingerprint density at radius 2 is 2.11 bits per heavy atom. The quantitative estimate of drug-likeness (QED) is 0.807. The monoisotopic (exact) mass is 267 g/mol. The highest BCUT2D eigenvalue weighted by molar-refractivity contribution is 5.90. The van der Waals surface area contributed by atoms with Gasteiger partial charge < -0.3 is 14.1 Å². The van der Waals surface area contributed by atoms with Crippen LogP contribution in [-0.4, -0.2) is 56.2 Å². The van der Waals surface area contributed by atoms with Crippen molar-refractivity contribution in [3.8, 4) is 0 Å². The number of likely N-dealkylation sites (N-methyl/N-ethyl adjacent to an activating group) is 1. The van der Waals surface area contributed by atoms with Gasteiger partial charge in [0, 0.05) is 26.2 Å². The largest absolute Gasteiger partial charge is 0.465 e. The van der Waals surface area contributed by atoms with Gasteiger partial charge in [-0.1, -0.05) is 0 Å². The Hall–Kier alpha value is -1.37. The number of piperazine rings is 1. The number of rotatable bonds is 4. The summed E-state index contributed by atoms with van der Waals surface area (Å²) in [6.07, 6.45) is 0. The summed E-state index contributed by atoms with van der Waals surface area (Å²) in [5, 5.41) is 2.18. The summed E-state index contributed by atoms with van der Waals surface area (Å²) < 4.78 is 10.3. The minimum Gasteiger partial charge on any atom is -0.465 e. The molecule has 6 nitrogen and oxygen atoms in total. The number of hydrazine groups is 1. The predicted molar refractivity (Wildman–Crippen MR) is 70.7 cm³/mol. The lowest BCUT2D eigenvalue weighted by molar-refractivity contribution is 0.0599. The summed E-state index contributed by atoms with van der Waals surface area (Å²) in [5.74, 6) is 0.992. The second-order valence-electron chi connectivity index (χ2n) is 4.80. The number of hydrogen-bond donors (Lipinski definition) is 1. The number of ether oxygens (including phenoxy) is 1. The van der Waals surface area contributed by atoms with Crippen LogP contribution in [0.3, 0.4) is 0 Å². The fourth-order valence-corrected chi connectivity index (χ4v) is 2.10. The average Bonchev–Trinajstić information content (AvgIpc) is 2.78. The zero-order valence-corrected chi connectivity index (χ0v) is 11.7. The number of esters is 1. The topological polar surface area (TPSA) is 58.0 Å². The van der Waals surface area contributed by atoms with Crippen LogP contribution < -0.4 is 5.43 Å². The molecule has 1 saturated heterocycles. The van der Waals surface area contributed by atoms with Crippen LogP contribution in [0.25, 0.3) is 0 Å². The molecule has 0 spiro atoms. The fourth-order valence-electron chi connectivity index (χ4n) is 2.10. The molecule has 0 saturated carbocycles. The van der Waals surface area contributed by atoms with Crippen LogP contribution in [0.2, 0.25) is 0 Å². The van der Waals surface area contributed by atoms with Crippen molar-refractivity contribution in [1.29, 1.82) is 0 Å². The first-order valence-corrected chi connectivity index (χ1v) is 6.44. The molecule has 0 aliphatic carbocycles. The molecule has 1 aromatic heterocycles. The van der Waals surface area contributed by atoms with Crippen molar-refractivity contribution >= 4 is 5.97 Å². The summed E-state index contributed by atoms with van der Waals surface area (Å²) in [7, 11) is 3.49. The molecule has 2 rings (SSSR count). The van der Waals surface area contributed by atoms with Crippen molar-refractivity contribution in [3.05, 3.63) is 23.2 Å². The molecular formula is C13H21N3O3. The molecule has 0 unspecified atom stereocenters. The summed E-state index contributed by atoms with van der Waals surface area (Å²) in [5.41, 5.74) is 3.81. The molecule has 0 atom stereocenters. The van der Waals surface area contributed by atoms with Crippen LogP contribution in [0.1, 0.15) is 21.9 Å². The van der Waals surface area contributed by atoms with Gasteiger partial charge in [0.05, 0.1) is 13.7 Å². The third kappa shape index (κ3) is 3.56. The first-order valence-electron chi connectivity index (χ1n) is 6.44. The van der Waals surface area contributed by atoms with Gasteiger partial charge in [0.2, 0.25) is 0 Å². The lowest BCUT2D eigenvalue weighted by atomic mass is 10.2. The van der Waals surface area contributed by atoms with Gasteiger partial charge in [0.1, 0.15) is 17.1 Å². The summed E-state index contributed by atoms with van der Waals surface area (Å²) in [4.78, 5) is 13.8. The Labute approximate surface area is 113 Å². The van der Waals surface area contributed by atoms with Crippen molar-refractivity contribution in [2.75, 3.05) is 40.3 Å². The van der Waals surface area contributed by atoms with Crippen LogP contribution in [0.5, 0.6) is 0 Å². The van der Waals surface area contributed by atoms with Crippen LogP contribution in [0, 0.1) is 6.92 Å². The second kappa shape index (κ2) is 6.18. The number of furan rings is 1. The Morgan fingerprint density at radius 1 is 1.42 bits per heavy atom. The van der Waals surface area contributed by atoms with Crippen LogP contribution in [0.15, 0.2) is 10.5 Å². The average molecular weight is 267 g/mol. The molecule has 0 amide bonds. The standard InChI is InChI=1S/C13H21N3O3/c1-10-12(13(17)18-3)8-11(19-10)9-14-16-6-4-15(2)5-7-16/h8,14H,4-7,9H2,1-3H3. The summed E-state index contributed by atoms with van der Waals surface area (Å²) in [6, 6.07) is 1.74. The van der Waals surface area contributed by atoms with Gasteiger partial charge in [-0.2, -0.15) is 0 Å². The van der Waals surface area contributed by atoms with Gasteiger partial charge in [0.15, 0.2) is 0 Å². The molecule has 106 valence electrons. The van der Waals surface area contributed by atoms with E-state index >= 15 is 0 Å². The van der Waals surface area contributed by atoms with Gasteiger partial charge in [-0.3, -0.25) is 0 Å². The molecule has 1 aromatic rings. The number of aryl methyl sites for hydroxylation is 1. The molecule has 0 radical (unpaired) electrons. The van der Waals surface area contributed by atoms with Gasteiger partial charge in [0.25, 0.3) is 0 Å². The molecule has 1 aliphatic rings. The summed E-state index contributed by atoms with van der Waals surface area (Å²) in [6.45, 7) is 6.43. The van der Waals surface area contributed by atoms with E-state index in [0.717, 1.165) is 31.9 Å². The van der Waals surface area contributed by atoms with E-state index < -0.39 is 0 Å². The van der Waals surface area contributed by atoms with Crippen molar-refractivity contribution in [3.63, 3.8) is 0 Å². The van der Waals surface area contributed by atoms with Gasteiger partial charge in [-0.25, -0.2) is 15.2 Å². The predicted octanol–water partition coefficient (Wildman–Crippen LogP) is 0.627. The normalized spacial score (nSPS) is 17.6. The Balaban J connectivity index is 1.88. The highest BCUT2D eigenvalue weighted by atomic mass is 16.5. The van der Waals surface area contributed by atoms with E-state index in [-0.39, 0.29) is 5.97 Å². The molecule has 1 fully saturated rings. The maximum atomic E-state index is 11.5. The van der Waals surface area contributed by atoms with Crippen molar-refractivity contribution < 1.29 is 13.9 Å². The van der Waals surface area contributed by atoms with Crippen molar-refractivity contribution in [2.24, 2.45) is 0 Å². The highest BCUT2D eigenvalue weighted by Gasteiger charge is 2.17. The van der Waals surface area contributed by atoms with E-state index in [1.165, 1.54) is 7.11 Å². The van der Waals surface area contributed by atoms with E-state index in [1.807, 2.05) is 0 Å². The van der Waals surface area contributed by atoms with Gasteiger partial charge in [-0.05, 0) is 20.0 Å². The van der Waals surface area contributed by atoms with Crippen LogP contribution in [0.4, 0.5) is 0 Å². The molecule has 6 heteroatoms. The SMILES string of the molecule is COC(=O)c1cc(CNN2CCN(C)CC2)oc1C. The molecule has 19 heavy (non-hydrogen) atoms. The maximum absolute atomic E-state index is 11.5. The van der Waals surface area contributed by atoms with Crippen LogP contribution in [-0.2, 0) is 11.3 Å². The molecule has 0 aromatic carbocycles. The Morgan fingerprint density at radius 3 is 2.74 bits per heavy atom. The van der Waals surface area contributed by atoms with E-state index in [0.29, 0.717) is 17.9 Å². The minimum absolute atomic E-state index is 0.355. The molecular weight excluding hydrogens is 246 g/mol. The first-order chi connectivity index (χ1) is 9.10. The lowest BCUT2D eigenvalue weighted by Gasteiger charge is -2.32. The highest BCUT2D eigenvalue weighted by Crippen LogP contribution is 2.15. The van der Waals surface area contributed by atoms with Crippen molar-refractivity contribution in [1.82, 2.24) is 15.3 Å². The number of carbonyl (C=O) groups is 1. The zero-order valence-electron chi connectivity index (χ0n) is 11.7. The van der Waals surface area contributed by atoms with E-state index in [4.69, 9.17) is 9.15 Å². The van der Waals surface area contributed by atoms with E-state index in [1.54, 1.807) is 13.0 Å². The smallest absolute Gasteiger partial charge is 0.341 e. The fraction of sp³-hybridized carbons (Fsp3) is 0.615. The summed E-state index contributed by atoms with van der Waals surface area (Å²) >= 11 is 0. The third-order valence-corrected chi connectivity index (χ3v) is 3.35. The molecule has 0 bridgehead atoms. The molecule has 1 N–H and O–H groups in total. The number of methoxy groups -OCH3 is 1. The Kier molecular flexibility index (Phi) is 4.57. The van der Waals surface area contributed by atoms with E-state index in [9.17, 15) is 4.79 Å². The molecule has 2 heterocycles. The zero-order chi connectivity index (χ0) is 13.8. The number of nitrogens with zero attached hydrogens (tertiary/aromatic N) is 2. The Bertz CT molecular complexity index is 436. The van der Waals surface area contributed by atoms with E-state index in [2.05, 4.69) is 22.4 Å². The second-order valence-corrected chi connectivity index (χ2v) is 4.80. The lowest BCUT2D eigenvalue weighted by Crippen LogP contribution is -2.50. The third-order valence-electron chi connectivity index (χ3n) is 3.35. The number of hydrogen-bond acceptors (Lipinski definition) is 6. The van der Waals surface area contributed by atoms with Crippen LogP contribution >= 0.6 is 0 Å². The minimum atomic E-state index is -0.355. The number of carbonyl (C=O) groups excluding carboxylic acids is 1. The van der Waals surface area contributed by atoms with Crippen molar-refractivity contribution in [2.45, 2.75) is 13.5 Å². The number of nitrogens with one attached hydrogen (secondary N) is 1. The maximum Gasteiger partial charge on any atom is 0.341 e. The van der Waals surface area contributed by atoms with Gasteiger partial charge >= 0.3 is 5.97 Å². The van der Waals surface area contributed by atoms with Gasteiger partial charge in [-0.15, -0.1) is 0 Å². The first kappa shape index (κ1) is 14.0.